The van der Waals surface area contributed by atoms with E-state index in [2.05, 4.69) is 6.08 Å². The van der Waals surface area contributed by atoms with E-state index in [0.29, 0.717) is 0 Å². The minimum Gasteiger partial charge on any atom is -0.459 e. The predicted octanol–water partition coefficient (Wildman–Crippen LogP) is 3.51. The Morgan fingerprint density at radius 3 is 2.50 bits per heavy atom. The van der Waals surface area contributed by atoms with Gasteiger partial charge in [-0.15, -0.1) is 0 Å². The number of carbonyl (C=O) groups is 1. The Bertz CT molecular complexity index is 545. The Labute approximate surface area is 131 Å². The maximum Gasteiger partial charge on any atom is 0.324 e. The Morgan fingerprint density at radius 2 is 1.91 bits per heavy atom. The standard InChI is InChI=1S/C18H24FNO2/c1-18(2,3)22-17(21)16-15(7-5-6-12-20(16)4)13-8-10-14(19)11-9-13/h5,7-11,15-16H,6,12H2,1-4H3/t15-,16+/m1/s1. The molecule has 4 heteroatoms. The van der Waals surface area contributed by atoms with E-state index in [0.717, 1.165) is 18.5 Å². The summed E-state index contributed by atoms with van der Waals surface area (Å²) in [6.45, 7) is 6.39. The molecule has 0 saturated heterocycles. The molecule has 0 aliphatic carbocycles. The van der Waals surface area contributed by atoms with Gasteiger partial charge in [-0.25, -0.2) is 4.39 Å². The minimum atomic E-state index is -0.527. The molecule has 0 unspecified atom stereocenters. The third kappa shape index (κ3) is 4.17. The van der Waals surface area contributed by atoms with Crippen LogP contribution in [-0.2, 0) is 9.53 Å². The summed E-state index contributed by atoms with van der Waals surface area (Å²) in [5.41, 5.74) is 0.392. The number of hydrogen-bond acceptors (Lipinski definition) is 3. The van der Waals surface area contributed by atoms with Gasteiger partial charge in [0.25, 0.3) is 0 Å². The summed E-state index contributed by atoms with van der Waals surface area (Å²) in [6, 6.07) is 5.94. The van der Waals surface area contributed by atoms with E-state index in [-0.39, 0.29) is 17.7 Å². The molecule has 1 aliphatic rings. The number of hydrogen-bond donors (Lipinski definition) is 0. The fourth-order valence-corrected chi connectivity index (χ4v) is 2.71. The van der Waals surface area contributed by atoms with Crippen molar-refractivity contribution in [1.29, 1.82) is 0 Å². The third-order valence-corrected chi connectivity index (χ3v) is 3.71. The van der Waals surface area contributed by atoms with E-state index in [1.807, 2.05) is 38.8 Å². The van der Waals surface area contributed by atoms with Crippen LogP contribution in [0.3, 0.4) is 0 Å². The van der Waals surface area contributed by atoms with Crippen molar-refractivity contribution in [2.75, 3.05) is 13.6 Å². The molecule has 0 radical (unpaired) electrons. The van der Waals surface area contributed by atoms with E-state index < -0.39 is 11.6 Å². The molecule has 1 aromatic carbocycles. The van der Waals surface area contributed by atoms with Gasteiger partial charge in [-0.2, -0.15) is 0 Å². The number of halogens is 1. The smallest absolute Gasteiger partial charge is 0.324 e. The third-order valence-electron chi connectivity index (χ3n) is 3.71. The molecule has 1 aromatic rings. The zero-order valence-electron chi connectivity index (χ0n) is 13.7. The lowest BCUT2D eigenvalue weighted by Crippen LogP contribution is -2.45. The number of benzene rings is 1. The van der Waals surface area contributed by atoms with Gasteiger partial charge in [-0.05, 0) is 51.9 Å². The van der Waals surface area contributed by atoms with Gasteiger partial charge in [-0.3, -0.25) is 9.69 Å². The van der Waals surface area contributed by atoms with Crippen LogP contribution >= 0.6 is 0 Å². The van der Waals surface area contributed by atoms with E-state index in [4.69, 9.17) is 4.74 Å². The summed E-state index contributed by atoms with van der Waals surface area (Å²) in [5, 5.41) is 0. The fraction of sp³-hybridized carbons (Fsp3) is 0.500. The number of esters is 1. The Balaban J connectivity index is 2.33. The van der Waals surface area contributed by atoms with Crippen LogP contribution in [-0.4, -0.2) is 36.1 Å². The summed E-state index contributed by atoms with van der Waals surface area (Å²) in [4.78, 5) is 14.7. The van der Waals surface area contributed by atoms with Crippen molar-refractivity contribution in [3.8, 4) is 0 Å². The molecule has 0 spiro atoms. The van der Waals surface area contributed by atoms with Crippen LogP contribution in [0.5, 0.6) is 0 Å². The molecule has 2 atom stereocenters. The molecule has 0 bridgehead atoms. The highest BCUT2D eigenvalue weighted by Crippen LogP contribution is 2.29. The van der Waals surface area contributed by atoms with Crippen molar-refractivity contribution in [3.05, 3.63) is 47.8 Å². The summed E-state index contributed by atoms with van der Waals surface area (Å²) in [6.07, 6.45) is 4.99. The van der Waals surface area contributed by atoms with Gasteiger partial charge < -0.3 is 4.74 Å². The number of nitrogens with zero attached hydrogens (tertiary/aromatic N) is 1. The Morgan fingerprint density at radius 1 is 1.27 bits per heavy atom. The van der Waals surface area contributed by atoms with Gasteiger partial charge in [0.05, 0.1) is 0 Å². The summed E-state index contributed by atoms with van der Waals surface area (Å²) < 4.78 is 18.8. The molecule has 120 valence electrons. The highest BCUT2D eigenvalue weighted by molar-refractivity contribution is 5.78. The van der Waals surface area contributed by atoms with Crippen molar-refractivity contribution in [3.63, 3.8) is 0 Å². The summed E-state index contributed by atoms with van der Waals surface area (Å²) in [5.74, 6) is -0.651. The van der Waals surface area contributed by atoms with Crippen LogP contribution in [0.1, 0.15) is 38.7 Å². The van der Waals surface area contributed by atoms with Crippen molar-refractivity contribution < 1.29 is 13.9 Å². The first-order valence-electron chi connectivity index (χ1n) is 7.63. The van der Waals surface area contributed by atoms with Gasteiger partial charge >= 0.3 is 5.97 Å². The lowest BCUT2D eigenvalue weighted by molar-refractivity contribution is -0.161. The van der Waals surface area contributed by atoms with Crippen LogP contribution in [0, 0.1) is 5.82 Å². The quantitative estimate of drug-likeness (QED) is 0.618. The van der Waals surface area contributed by atoms with Gasteiger partial charge in [0.1, 0.15) is 17.5 Å². The molecule has 2 rings (SSSR count). The van der Waals surface area contributed by atoms with Crippen molar-refractivity contribution in [2.24, 2.45) is 0 Å². The topological polar surface area (TPSA) is 29.5 Å². The van der Waals surface area contributed by atoms with E-state index >= 15 is 0 Å². The fourth-order valence-electron chi connectivity index (χ4n) is 2.71. The van der Waals surface area contributed by atoms with E-state index in [9.17, 15) is 9.18 Å². The lowest BCUT2D eigenvalue weighted by atomic mass is 9.90. The first kappa shape index (κ1) is 16.7. The maximum absolute atomic E-state index is 13.2. The lowest BCUT2D eigenvalue weighted by Gasteiger charge is -2.32. The molecule has 0 amide bonds. The monoisotopic (exact) mass is 305 g/mol. The molecule has 0 fully saturated rings. The molecular formula is C18H24FNO2. The Kier molecular flexibility index (Phi) is 5.01. The normalized spacial score (nSPS) is 23.1. The first-order chi connectivity index (χ1) is 10.3. The second kappa shape index (κ2) is 6.61. The SMILES string of the molecule is CN1CCC=C[C@H](c2ccc(F)cc2)[C@H]1C(=O)OC(C)(C)C. The zero-order valence-corrected chi connectivity index (χ0v) is 13.7. The molecule has 3 nitrogen and oxygen atoms in total. The molecule has 0 N–H and O–H groups in total. The van der Waals surface area contributed by atoms with Crippen LogP contribution in [0.2, 0.25) is 0 Å². The van der Waals surface area contributed by atoms with Gasteiger partial charge in [-0.1, -0.05) is 24.3 Å². The number of likely N-dealkylation sites (N-methyl/N-ethyl adjacent to an activating group) is 1. The molecule has 1 aliphatic heterocycles. The maximum atomic E-state index is 13.2. The Hall–Kier alpha value is -1.68. The molecule has 22 heavy (non-hydrogen) atoms. The van der Waals surface area contributed by atoms with Crippen LogP contribution in [0.4, 0.5) is 4.39 Å². The molecule has 0 saturated carbocycles. The first-order valence-corrected chi connectivity index (χ1v) is 7.63. The second-order valence-electron chi connectivity index (χ2n) is 6.75. The average Bonchev–Trinajstić information content (AvgIpc) is 2.59. The van der Waals surface area contributed by atoms with Gasteiger partial charge in [0, 0.05) is 12.5 Å². The predicted molar refractivity (Wildman–Crippen MR) is 85.2 cm³/mol. The number of rotatable bonds is 2. The number of carbonyl (C=O) groups excluding carboxylic acids is 1. The van der Waals surface area contributed by atoms with E-state index in [1.54, 1.807) is 12.1 Å². The van der Waals surface area contributed by atoms with Gasteiger partial charge in [0.2, 0.25) is 0 Å². The van der Waals surface area contributed by atoms with Crippen molar-refractivity contribution in [2.45, 2.75) is 44.8 Å². The number of ether oxygens (including phenoxy) is 1. The summed E-state index contributed by atoms with van der Waals surface area (Å²) in [7, 11) is 1.93. The minimum absolute atomic E-state index is 0.136. The van der Waals surface area contributed by atoms with Crippen LogP contribution in [0.25, 0.3) is 0 Å². The van der Waals surface area contributed by atoms with Crippen LogP contribution in [0.15, 0.2) is 36.4 Å². The summed E-state index contributed by atoms with van der Waals surface area (Å²) >= 11 is 0. The molecular weight excluding hydrogens is 281 g/mol. The molecule has 1 heterocycles. The van der Waals surface area contributed by atoms with Crippen molar-refractivity contribution >= 4 is 5.97 Å². The van der Waals surface area contributed by atoms with Crippen LogP contribution < -0.4 is 0 Å². The highest BCUT2D eigenvalue weighted by Gasteiger charge is 2.35. The average molecular weight is 305 g/mol. The van der Waals surface area contributed by atoms with Crippen molar-refractivity contribution in [1.82, 2.24) is 4.90 Å². The zero-order chi connectivity index (χ0) is 16.3. The van der Waals surface area contributed by atoms with Gasteiger partial charge in [0.15, 0.2) is 0 Å². The largest absolute Gasteiger partial charge is 0.459 e. The second-order valence-corrected chi connectivity index (χ2v) is 6.75. The van der Waals surface area contributed by atoms with E-state index in [1.165, 1.54) is 12.1 Å². The highest BCUT2D eigenvalue weighted by atomic mass is 19.1. The molecule has 0 aromatic heterocycles.